The highest BCUT2D eigenvalue weighted by molar-refractivity contribution is 7.21. The number of amides is 1. The van der Waals surface area contributed by atoms with Crippen LogP contribution in [0.2, 0.25) is 0 Å². The Morgan fingerprint density at radius 1 is 1.25 bits per heavy atom. The Bertz CT molecular complexity index is 1130. The number of nitriles is 1. The molecule has 0 spiro atoms. The average molecular weight is 394 g/mol. The number of methoxy groups -OCH3 is 1. The Morgan fingerprint density at radius 2 is 2.07 bits per heavy atom. The first kappa shape index (κ1) is 18.1. The summed E-state index contributed by atoms with van der Waals surface area (Å²) in [5, 5.41) is 16.1. The van der Waals surface area contributed by atoms with Gasteiger partial charge in [0.25, 0.3) is 5.91 Å². The van der Waals surface area contributed by atoms with Gasteiger partial charge >= 0.3 is 0 Å². The number of aryl methyl sites for hydroxylation is 2. The molecule has 2 N–H and O–H groups in total. The molecule has 1 aliphatic heterocycles. The van der Waals surface area contributed by atoms with Crippen LogP contribution in [0.1, 0.15) is 32.7 Å². The number of rotatable bonds is 4. The minimum atomic E-state index is -0.419. The van der Waals surface area contributed by atoms with Crippen LogP contribution in [0.4, 0.5) is 5.69 Å². The smallest absolute Gasteiger partial charge is 0.265 e. The molecule has 28 heavy (non-hydrogen) atoms. The largest absolute Gasteiger partial charge is 0.493 e. The fourth-order valence-electron chi connectivity index (χ4n) is 3.38. The van der Waals surface area contributed by atoms with Crippen molar-refractivity contribution in [1.29, 1.82) is 5.26 Å². The van der Waals surface area contributed by atoms with Gasteiger partial charge in [-0.1, -0.05) is 6.07 Å². The zero-order valence-corrected chi connectivity index (χ0v) is 16.4. The number of hydrogen-bond donors (Lipinski definition) is 2. The van der Waals surface area contributed by atoms with Gasteiger partial charge in [0.05, 0.1) is 12.8 Å². The van der Waals surface area contributed by atoms with E-state index in [0.29, 0.717) is 16.4 Å². The highest BCUT2D eigenvalue weighted by atomic mass is 32.1. The second-order valence-electron chi connectivity index (χ2n) is 6.47. The summed E-state index contributed by atoms with van der Waals surface area (Å²) < 4.78 is 10.7. The van der Waals surface area contributed by atoms with Crippen LogP contribution in [-0.4, -0.2) is 24.6 Å². The Kier molecular flexibility index (Phi) is 4.53. The van der Waals surface area contributed by atoms with Crippen molar-refractivity contribution in [2.24, 2.45) is 0 Å². The zero-order valence-electron chi connectivity index (χ0n) is 15.6. The van der Waals surface area contributed by atoms with E-state index in [1.165, 1.54) is 18.4 Å². The molecule has 0 fully saturated rings. The van der Waals surface area contributed by atoms with Crippen molar-refractivity contribution >= 4 is 33.1 Å². The first-order valence-electron chi connectivity index (χ1n) is 8.67. The van der Waals surface area contributed by atoms with Gasteiger partial charge in [0, 0.05) is 11.1 Å². The van der Waals surface area contributed by atoms with Crippen LogP contribution in [0, 0.1) is 25.2 Å². The van der Waals surface area contributed by atoms with Crippen LogP contribution < -0.4 is 20.1 Å². The van der Waals surface area contributed by atoms with Crippen molar-refractivity contribution in [2.45, 2.75) is 20.0 Å². The first-order valence-corrected chi connectivity index (χ1v) is 9.49. The molecule has 2 aromatic heterocycles. The maximum absolute atomic E-state index is 12.7. The lowest BCUT2D eigenvalue weighted by Crippen LogP contribution is -2.37. The van der Waals surface area contributed by atoms with E-state index in [0.717, 1.165) is 32.7 Å². The molecule has 1 aromatic carbocycles. The van der Waals surface area contributed by atoms with Gasteiger partial charge in [-0.15, -0.1) is 11.3 Å². The van der Waals surface area contributed by atoms with Gasteiger partial charge in [-0.25, -0.2) is 4.98 Å². The van der Waals surface area contributed by atoms with Crippen molar-refractivity contribution in [3.63, 3.8) is 0 Å². The molecule has 1 amide bonds. The predicted molar refractivity (Wildman–Crippen MR) is 107 cm³/mol. The van der Waals surface area contributed by atoms with E-state index in [1.54, 1.807) is 12.1 Å². The van der Waals surface area contributed by atoms with E-state index in [1.807, 2.05) is 32.0 Å². The summed E-state index contributed by atoms with van der Waals surface area (Å²) >= 11 is 1.39. The lowest BCUT2D eigenvalue weighted by molar-refractivity contribution is 0.0940. The zero-order chi connectivity index (χ0) is 19.8. The number of anilines is 1. The lowest BCUT2D eigenvalue weighted by Gasteiger charge is -2.27. The summed E-state index contributed by atoms with van der Waals surface area (Å²) in [6.45, 7) is 3.91. The molecule has 8 heteroatoms. The molecule has 0 bridgehead atoms. The number of nitrogens with one attached hydrogen (secondary N) is 2. The van der Waals surface area contributed by atoms with E-state index in [9.17, 15) is 4.79 Å². The molecular formula is C20H18N4O3S. The highest BCUT2D eigenvalue weighted by Gasteiger charge is 2.30. The first-order chi connectivity index (χ1) is 13.5. The molecule has 3 heterocycles. The van der Waals surface area contributed by atoms with Crippen molar-refractivity contribution < 1.29 is 14.3 Å². The normalized spacial score (nSPS) is 15.4. The summed E-state index contributed by atoms with van der Waals surface area (Å²) in [4.78, 5) is 18.8. The van der Waals surface area contributed by atoms with Crippen LogP contribution in [0.3, 0.4) is 0 Å². The fourth-order valence-corrected chi connectivity index (χ4v) is 4.54. The number of pyridine rings is 1. The molecule has 0 saturated carbocycles. The highest BCUT2D eigenvalue weighted by Crippen LogP contribution is 2.41. The van der Waals surface area contributed by atoms with Crippen LogP contribution in [0.25, 0.3) is 10.2 Å². The van der Waals surface area contributed by atoms with Crippen molar-refractivity contribution in [2.75, 3.05) is 19.0 Å². The maximum Gasteiger partial charge on any atom is 0.265 e. The topological polar surface area (TPSA) is 96.3 Å². The Hall–Kier alpha value is -3.31. The second kappa shape index (κ2) is 7.02. The Morgan fingerprint density at radius 3 is 2.82 bits per heavy atom. The SMILES string of the molecule is COc1cc([C@H]2NC(=O)c3sc4nc(C)cc(C)c4c3N2)ccc1OCC#N. The van der Waals surface area contributed by atoms with Crippen LogP contribution >= 0.6 is 11.3 Å². The van der Waals surface area contributed by atoms with E-state index in [4.69, 9.17) is 14.7 Å². The Balaban J connectivity index is 1.73. The second-order valence-corrected chi connectivity index (χ2v) is 7.47. The molecule has 142 valence electrons. The number of benzene rings is 1. The third kappa shape index (κ3) is 3.00. The van der Waals surface area contributed by atoms with Gasteiger partial charge in [0.1, 0.15) is 21.9 Å². The number of aromatic nitrogens is 1. The number of hydrogen-bond acceptors (Lipinski definition) is 7. The number of fused-ring (bicyclic) bond motifs is 3. The summed E-state index contributed by atoms with van der Waals surface area (Å²) in [6, 6.07) is 9.31. The third-order valence-electron chi connectivity index (χ3n) is 4.57. The minimum absolute atomic E-state index is 0.0654. The monoisotopic (exact) mass is 394 g/mol. The number of thiophene rings is 1. The number of ether oxygens (including phenoxy) is 2. The predicted octanol–water partition coefficient (Wildman–Crippen LogP) is 3.68. The number of nitrogens with zero attached hydrogens (tertiary/aromatic N) is 2. The summed E-state index contributed by atoms with van der Waals surface area (Å²) in [5.74, 6) is 0.841. The molecule has 3 aromatic rings. The molecule has 1 aliphatic rings. The summed E-state index contributed by atoms with van der Waals surface area (Å²) in [5.41, 5.74) is 3.64. The van der Waals surface area contributed by atoms with E-state index in [-0.39, 0.29) is 12.5 Å². The average Bonchev–Trinajstić information content (AvgIpc) is 3.05. The van der Waals surface area contributed by atoms with Crippen LogP contribution in [0.5, 0.6) is 11.5 Å². The standard InChI is InChI=1S/C20H18N4O3S/c1-10-8-11(2)22-20-15(10)16-17(28-20)19(25)24-18(23-16)12-4-5-13(27-7-6-21)14(9-12)26-3/h4-5,8-9,18,23H,7H2,1-3H3,(H,24,25)/t18-/m1/s1. The summed E-state index contributed by atoms with van der Waals surface area (Å²) in [6.07, 6.45) is -0.419. The van der Waals surface area contributed by atoms with E-state index >= 15 is 0 Å². The third-order valence-corrected chi connectivity index (χ3v) is 5.65. The number of carbonyl (C=O) groups excluding carboxylic acids is 1. The molecular weight excluding hydrogens is 376 g/mol. The molecule has 1 atom stereocenters. The van der Waals surface area contributed by atoms with Gasteiger partial charge in [0.15, 0.2) is 18.1 Å². The quantitative estimate of drug-likeness (QED) is 0.701. The summed E-state index contributed by atoms with van der Waals surface area (Å²) in [7, 11) is 1.53. The van der Waals surface area contributed by atoms with Crippen molar-refractivity contribution in [3.8, 4) is 17.6 Å². The molecule has 0 unspecified atom stereocenters. The molecule has 4 rings (SSSR count). The number of carbonyl (C=O) groups is 1. The van der Waals surface area contributed by atoms with Crippen molar-refractivity contribution in [1.82, 2.24) is 10.3 Å². The van der Waals surface area contributed by atoms with Gasteiger partial charge in [-0.05, 0) is 43.2 Å². The lowest BCUT2D eigenvalue weighted by atomic mass is 10.1. The van der Waals surface area contributed by atoms with Gasteiger partial charge in [-0.2, -0.15) is 5.26 Å². The minimum Gasteiger partial charge on any atom is -0.493 e. The van der Waals surface area contributed by atoms with E-state index < -0.39 is 6.17 Å². The maximum atomic E-state index is 12.7. The van der Waals surface area contributed by atoms with Gasteiger partial charge < -0.3 is 20.1 Å². The van der Waals surface area contributed by atoms with Crippen LogP contribution in [0.15, 0.2) is 24.3 Å². The van der Waals surface area contributed by atoms with Crippen LogP contribution in [-0.2, 0) is 0 Å². The molecule has 0 radical (unpaired) electrons. The molecule has 0 saturated heterocycles. The molecule has 7 nitrogen and oxygen atoms in total. The molecule has 0 aliphatic carbocycles. The van der Waals surface area contributed by atoms with Crippen molar-refractivity contribution in [3.05, 3.63) is 46.0 Å². The van der Waals surface area contributed by atoms with Gasteiger partial charge in [0.2, 0.25) is 0 Å². The fraction of sp³-hybridized carbons (Fsp3) is 0.250. The van der Waals surface area contributed by atoms with Gasteiger partial charge in [-0.3, -0.25) is 4.79 Å². The van der Waals surface area contributed by atoms with E-state index in [2.05, 4.69) is 15.6 Å². The Labute approximate surface area is 165 Å².